The number of hydrogen-bond acceptors (Lipinski definition) is 5. The van der Waals surface area contributed by atoms with Crippen LogP contribution in [0.25, 0.3) is 0 Å². The molecule has 0 spiro atoms. The van der Waals surface area contributed by atoms with E-state index in [-0.39, 0.29) is 23.7 Å². The maximum absolute atomic E-state index is 12.4. The highest BCUT2D eigenvalue weighted by Crippen LogP contribution is 2.30. The second-order valence-corrected chi connectivity index (χ2v) is 5.86. The normalized spacial score (nSPS) is 10.5. The second-order valence-electron chi connectivity index (χ2n) is 5.86. The maximum Gasteiger partial charge on any atom is 0.387 e. The van der Waals surface area contributed by atoms with E-state index in [0.717, 1.165) is 11.1 Å². The minimum Gasteiger partial charge on any atom is -0.490 e. The molecule has 0 aliphatic rings. The summed E-state index contributed by atoms with van der Waals surface area (Å²) in [6.45, 7) is 2.04. The first-order chi connectivity index (χ1) is 13.3. The van der Waals surface area contributed by atoms with E-state index in [0.29, 0.717) is 5.69 Å². The number of hydrogen-bond donors (Lipinski definition) is 1. The summed E-state index contributed by atoms with van der Waals surface area (Å²) >= 11 is 0. The lowest BCUT2D eigenvalue weighted by Crippen LogP contribution is -2.22. The minimum absolute atomic E-state index is 0.0164. The second kappa shape index (κ2) is 9.68. The number of alkyl halides is 2. The molecule has 0 bridgehead atoms. The first-order valence-electron chi connectivity index (χ1n) is 8.56. The molecule has 2 rings (SSSR count). The molecule has 2 aromatic rings. The molecule has 2 aromatic carbocycles. The van der Waals surface area contributed by atoms with Crippen molar-refractivity contribution < 1.29 is 32.6 Å². The number of ether oxygens (including phenoxy) is 3. The zero-order valence-electron chi connectivity index (χ0n) is 15.8. The Morgan fingerprint density at radius 1 is 1.07 bits per heavy atom. The van der Waals surface area contributed by atoms with Crippen molar-refractivity contribution in [1.82, 2.24) is 0 Å². The lowest BCUT2D eigenvalue weighted by atomic mass is 10.1. The van der Waals surface area contributed by atoms with Gasteiger partial charge in [0.1, 0.15) is 0 Å². The smallest absolute Gasteiger partial charge is 0.387 e. The van der Waals surface area contributed by atoms with Crippen LogP contribution < -0.4 is 14.8 Å². The number of para-hydroxylation sites is 1. The van der Waals surface area contributed by atoms with Gasteiger partial charge in [-0.25, -0.2) is 4.79 Å². The number of carbonyl (C=O) groups excluding carboxylic acids is 2. The largest absolute Gasteiger partial charge is 0.490 e. The van der Waals surface area contributed by atoms with Crippen molar-refractivity contribution >= 4 is 17.6 Å². The van der Waals surface area contributed by atoms with Gasteiger partial charge in [0.05, 0.1) is 12.2 Å². The van der Waals surface area contributed by atoms with Crippen LogP contribution in [0.4, 0.5) is 14.5 Å². The van der Waals surface area contributed by atoms with E-state index < -0.39 is 25.1 Å². The summed E-state index contributed by atoms with van der Waals surface area (Å²) in [4.78, 5) is 24.3. The standard InChI is InChI=1S/C20H21F2NO5/c1-4-26-16-10-14(8-9-15(16)28-20(21)22)19(25)27-11-17(24)23-18-12(2)6-5-7-13(18)3/h5-10,20H,4,11H2,1-3H3,(H,23,24). The highest BCUT2D eigenvalue weighted by atomic mass is 19.3. The molecule has 6 nitrogen and oxygen atoms in total. The number of esters is 1. The fourth-order valence-electron chi connectivity index (χ4n) is 2.50. The Bertz CT molecular complexity index is 834. The number of nitrogens with one attached hydrogen (secondary N) is 1. The number of anilines is 1. The van der Waals surface area contributed by atoms with E-state index in [1.807, 2.05) is 32.0 Å². The number of carbonyl (C=O) groups is 2. The van der Waals surface area contributed by atoms with E-state index in [1.165, 1.54) is 18.2 Å². The highest BCUT2D eigenvalue weighted by molar-refractivity contribution is 5.96. The molecule has 0 aliphatic carbocycles. The summed E-state index contributed by atoms with van der Waals surface area (Å²) in [6, 6.07) is 9.25. The van der Waals surface area contributed by atoms with Crippen molar-refractivity contribution in [3.8, 4) is 11.5 Å². The van der Waals surface area contributed by atoms with Crippen LogP contribution in [-0.2, 0) is 9.53 Å². The molecule has 28 heavy (non-hydrogen) atoms. The maximum atomic E-state index is 12.4. The Balaban J connectivity index is 2.02. The summed E-state index contributed by atoms with van der Waals surface area (Å²) in [5.41, 5.74) is 2.48. The van der Waals surface area contributed by atoms with E-state index in [9.17, 15) is 18.4 Å². The van der Waals surface area contributed by atoms with E-state index in [1.54, 1.807) is 6.92 Å². The number of aryl methyl sites for hydroxylation is 2. The van der Waals surface area contributed by atoms with Gasteiger partial charge in [-0.2, -0.15) is 8.78 Å². The van der Waals surface area contributed by atoms with Gasteiger partial charge >= 0.3 is 12.6 Å². The fraction of sp³-hybridized carbons (Fsp3) is 0.300. The molecule has 0 aromatic heterocycles. The lowest BCUT2D eigenvalue weighted by molar-refractivity contribution is -0.119. The number of benzene rings is 2. The molecule has 1 N–H and O–H groups in total. The van der Waals surface area contributed by atoms with Crippen LogP contribution in [0.5, 0.6) is 11.5 Å². The first-order valence-corrected chi connectivity index (χ1v) is 8.56. The molecule has 0 atom stereocenters. The highest BCUT2D eigenvalue weighted by Gasteiger charge is 2.17. The third-order valence-electron chi connectivity index (χ3n) is 3.78. The quantitative estimate of drug-likeness (QED) is 0.684. The molecule has 0 fully saturated rings. The Hall–Kier alpha value is -3.16. The molecule has 8 heteroatoms. The van der Waals surface area contributed by atoms with Crippen molar-refractivity contribution in [2.45, 2.75) is 27.4 Å². The average molecular weight is 393 g/mol. The molecular formula is C20H21F2NO5. The van der Waals surface area contributed by atoms with Gasteiger partial charge < -0.3 is 19.5 Å². The van der Waals surface area contributed by atoms with Crippen LogP contribution in [0.15, 0.2) is 36.4 Å². The Kier molecular flexibility index (Phi) is 7.31. The molecule has 0 aliphatic heterocycles. The summed E-state index contributed by atoms with van der Waals surface area (Å²) < 4.78 is 39.4. The van der Waals surface area contributed by atoms with Crippen LogP contribution >= 0.6 is 0 Å². The molecular weight excluding hydrogens is 372 g/mol. The molecule has 0 saturated carbocycles. The van der Waals surface area contributed by atoms with Gasteiger partial charge in [0, 0.05) is 5.69 Å². The van der Waals surface area contributed by atoms with Crippen molar-refractivity contribution in [2.75, 3.05) is 18.5 Å². The Morgan fingerprint density at radius 3 is 2.36 bits per heavy atom. The van der Waals surface area contributed by atoms with Gasteiger partial charge in [-0.3, -0.25) is 4.79 Å². The summed E-state index contributed by atoms with van der Waals surface area (Å²) in [5, 5.41) is 2.70. The molecule has 0 saturated heterocycles. The van der Waals surface area contributed by atoms with Crippen LogP contribution in [0.1, 0.15) is 28.4 Å². The molecule has 0 heterocycles. The summed E-state index contributed by atoms with van der Waals surface area (Å²) in [6.07, 6.45) is 0. The Labute approximate surface area is 161 Å². The van der Waals surface area contributed by atoms with Crippen molar-refractivity contribution in [1.29, 1.82) is 0 Å². The summed E-state index contributed by atoms with van der Waals surface area (Å²) in [7, 11) is 0. The molecule has 0 unspecified atom stereocenters. The van der Waals surface area contributed by atoms with E-state index in [2.05, 4.69) is 10.1 Å². The zero-order valence-corrected chi connectivity index (χ0v) is 15.8. The van der Waals surface area contributed by atoms with E-state index >= 15 is 0 Å². The molecule has 150 valence electrons. The summed E-state index contributed by atoms with van der Waals surface area (Å²) in [5.74, 6) is -1.49. The van der Waals surface area contributed by atoms with Gasteiger partial charge in [0.25, 0.3) is 5.91 Å². The number of halogens is 2. The van der Waals surface area contributed by atoms with Crippen molar-refractivity contribution in [3.63, 3.8) is 0 Å². The van der Waals surface area contributed by atoms with Crippen LogP contribution in [0.3, 0.4) is 0 Å². The van der Waals surface area contributed by atoms with Crippen molar-refractivity contribution in [2.24, 2.45) is 0 Å². The number of rotatable bonds is 8. The Morgan fingerprint density at radius 2 is 1.75 bits per heavy atom. The van der Waals surface area contributed by atoms with Gasteiger partial charge in [0.2, 0.25) is 0 Å². The third kappa shape index (κ3) is 5.67. The predicted molar refractivity (Wildman–Crippen MR) is 99.1 cm³/mol. The molecule has 1 amide bonds. The van der Waals surface area contributed by atoms with Gasteiger partial charge in [0.15, 0.2) is 18.1 Å². The zero-order chi connectivity index (χ0) is 20.7. The van der Waals surface area contributed by atoms with Gasteiger partial charge in [-0.05, 0) is 50.1 Å². The predicted octanol–water partition coefficient (Wildman–Crippen LogP) is 4.10. The van der Waals surface area contributed by atoms with Gasteiger partial charge in [-0.1, -0.05) is 18.2 Å². The van der Waals surface area contributed by atoms with Crippen molar-refractivity contribution in [3.05, 3.63) is 53.1 Å². The van der Waals surface area contributed by atoms with E-state index in [4.69, 9.17) is 9.47 Å². The van der Waals surface area contributed by atoms with Crippen LogP contribution in [0, 0.1) is 13.8 Å². The average Bonchev–Trinajstić information content (AvgIpc) is 2.64. The number of amides is 1. The third-order valence-corrected chi connectivity index (χ3v) is 3.78. The SMILES string of the molecule is CCOc1cc(C(=O)OCC(=O)Nc2c(C)cccc2C)ccc1OC(F)F. The monoisotopic (exact) mass is 393 g/mol. The lowest BCUT2D eigenvalue weighted by Gasteiger charge is -2.13. The fourth-order valence-corrected chi connectivity index (χ4v) is 2.50. The first kappa shape index (κ1) is 21.1. The minimum atomic E-state index is -3.02. The van der Waals surface area contributed by atoms with Crippen LogP contribution in [0.2, 0.25) is 0 Å². The van der Waals surface area contributed by atoms with Crippen LogP contribution in [-0.4, -0.2) is 31.7 Å². The molecule has 0 radical (unpaired) electrons. The topological polar surface area (TPSA) is 73.9 Å². The van der Waals surface area contributed by atoms with Gasteiger partial charge in [-0.15, -0.1) is 0 Å².